The quantitative estimate of drug-likeness (QED) is 0.809. The van der Waals surface area contributed by atoms with Crippen molar-refractivity contribution in [1.29, 1.82) is 0 Å². The van der Waals surface area contributed by atoms with E-state index in [1.165, 1.54) is 0 Å². The predicted octanol–water partition coefficient (Wildman–Crippen LogP) is 2.06. The lowest BCUT2D eigenvalue weighted by Gasteiger charge is -2.02. The van der Waals surface area contributed by atoms with E-state index in [9.17, 15) is 0 Å². The SMILES string of the molecule is Cc1[nH]c(C2CCNC2)nc1-c1ccco1. The van der Waals surface area contributed by atoms with Crippen LogP contribution in [0.15, 0.2) is 22.8 Å². The molecule has 84 valence electrons. The van der Waals surface area contributed by atoms with Crippen LogP contribution in [0.5, 0.6) is 0 Å². The monoisotopic (exact) mass is 217 g/mol. The molecule has 0 amide bonds. The van der Waals surface area contributed by atoms with Gasteiger partial charge in [0.25, 0.3) is 0 Å². The Morgan fingerprint density at radius 3 is 3.12 bits per heavy atom. The standard InChI is InChI=1S/C12H15N3O/c1-8-11(10-3-2-6-16-10)15-12(14-8)9-4-5-13-7-9/h2-3,6,9,13H,4-5,7H2,1H3,(H,14,15). The van der Waals surface area contributed by atoms with Crippen molar-refractivity contribution in [2.45, 2.75) is 19.3 Å². The van der Waals surface area contributed by atoms with Crippen molar-refractivity contribution >= 4 is 0 Å². The summed E-state index contributed by atoms with van der Waals surface area (Å²) in [5, 5.41) is 3.35. The zero-order valence-corrected chi connectivity index (χ0v) is 9.29. The Morgan fingerprint density at radius 1 is 1.50 bits per heavy atom. The molecule has 1 saturated heterocycles. The molecule has 3 heterocycles. The molecule has 0 aromatic carbocycles. The maximum absolute atomic E-state index is 5.38. The van der Waals surface area contributed by atoms with Crippen molar-refractivity contribution in [1.82, 2.24) is 15.3 Å². The van der Waals surface area contributed by atoms with E-state index in [0.717, 1.165) is 42.5 Å². The minimum absolute atomic E-state index is 0.516. The molecule has 0 radical (unpaired) electrons. The number of H-pyrrole nitrogens is 1. The fourth-order valence-electron chi connectivity index (χ4n) is 2.22. The van der Waals surface area contributed by atoms with Crippen LogP contribution in [0.1, 0.15) is 23.9 Å². The first-order valence-electron chi connectivity index (χ1n) is 5.65. The van der Waals surface area contributed by atoms with Gasteiger partial charge in [0.15, 0.2) is 5.76 Å². The van der Waals surface area contributed by atoms with Gasteiger partial charge in [0.2, 0.25) is 0 Å². The van der Waals surface area contributed by atoms with Gasteiger partial charge in [0.1, 0.15) is 11.5 Å². The van der Waals surface area contributed by atoms with Gasteiger partial charge in [-0.25, -0.2) is 4.98 Å². The van der Waals surface area contributed by atoms with Gasteiger partial charge in [0.05, 0.1) is 6.26 Å². The van der Waals surface area contributed by atoms with Crippen LogP contribution in [0.25, 0.3) is 11.5 Å². The molecule has 1 unspecified atom stereocenters. The van der Waals surface area contributed by atoms with Gasteiger partial charge in [0, 0.05) is 18.2 Å². The molecule has 1 fully saturated rings. The number of hydrogen-bond donors (Lipinski definition) is 2. The highest BCUT2D eigenvalue weighted by atomic mass is 16.3. The summed E-state index contributed by atoms with van der Waals surface area (Å²) in [5.74, 6) is 2.43. The van der Waals surface area contributed by atoms with Crippen molar-refractivity contribution in [3.63, 3.8) is 0 Å². The van der Waals surface area contributed by atoms with Crippen molar-refractivity contribution in [3.05, 3.63) is 29.9 Å². The van der Waals surface area contributed by atoms with Gasteiger partial charge < -0.3 is 14.7 Å². The Hall–Kier alpha value is -1.55. The van der Waals surface area contributed by atoms with E-state index in [1.807, 2.05) is 19.1 Å². The molecular formula is C12H15N3O. The smallest absolute Gasteiger partial charge is 0.154 e. The average Bonchev–Trinajstić information content (AvgIpc) is 2.97. The third-order valence-corrected chi connectivity index (χ3v) is 3.10. The Bertz CT molecular complexity index is 466. The first kappa shape index (κ1) is 9.66. The summed E-state index contributed by atoms with van der Waals surface area (Å²) in [6, 6.07) is 3.83. The lowest BCUT2D eigenvalue weighted by Crippen LogP contribution is -2.08. The Balaban J connectivity index is 1.95. The molecular weight excluding hydrogens is 202 g/mol. The summed E-state index contributed by atoms with van der Waals surface area (Å²) in [6.07, 6.45) is 2.84. The third-order valence-electron chi connectivity index (χ3n) is 3.10. The lowest BCUT2D eigenvalue weighted by atomic mass is 10.1. The van der Waals surface area contributed by atoms with Gasteiger partial charge >= 0.3 is 0 Å². The summed E-state index contributed by atoms with van der Waals surface area (Å²) >= 11 is 0. The molecule has 0 saturated carbocycles. The van der Waals surface area contributed by atoms with E-state index in [0.29, 0.717) is 5.92 Å². The van der Waals surface area contributed by atoms with Crippen LogP contribution in [-0.2, 0) is 0 Å². The summed E-state index contributed by atoms with van der Waals surface area (Å²) in [4.78, 5) is 8.01. The van der Waals surface area contributed by atoms with Crippen LogP contribution < -0.4 is 5.32 Å². The molecule has 16 heavy (non-hydrogen) atoms. The van der Waals surface area contributed by atoms with Crippen LogP contribution in [-0.4, -0.2) is 23.1 Å². The first-order valence-corrected chi connectivity index (χ1v) is 5.65. The zero-order valence-electron chi connectivity index (χ0n) is 9.29. The van der Waals surface area contributed by atoms with Crippen molar-refractivity contribution in [3.8, 4) is 11.5 Å². The second kappa shape index (κ2) is 3.79. The second-order valence-corrected chi connectivity index (χ2v) is 4.26. The number of imidazole rings is 1. The Labute approximate surface area is 94.1 Å². The molecule has 2 aromatic rings. The first-order chi connectivity index (χ1) is 7.84. The molecule has 2 N–H and O–H groups in total. The fourth-order valence-corrected chi connectivity index (χ4v) is 2.22. The van der Waals surface area contributed by atoms with Crippen molar-refractivity contribution < 1.29 is 4.42 Å². The van der Waals surface area contributed by atoms with Gasteiger partial charge in [-0.3, -0.25) is 0 Å². The summed E-state index contributed by atoms with van der Waals surface area (Å²) in [5.41, 5.74) is 2.02. The number of aryl methyl sites for hydroxylation is 1. The molecule has 3 rings (SSSR count). The molecule has 0 spiro atoms. The molecule has 4 nitrogen and oxygen atoms in total. The zero-order chi connectivity index (χ0) is 11.0. The molecule has 1 aliphatic heterocycles. The normalized spacial score (nSPS) is 20.4. The minimum Gasteiger partial charge on any atom is -0.463 e. The average molecular weight is 217 g/mol. The van der Waals surface area contributed by atoms with E-state index < -0.39 is 0 Å². The highest BCUT2D eigenvalue weighted by Gasteiger charge is 2.21. The van der Waals surface area contributed by atoms with Crippen LogP contribution in [0.2, 0.25) is 0 Å². The van der Waals surface area contributed by atoms with Gasteiger partial charge in [-0.15, -0.1) is 0 Å². The Kier molecular flexibility index (Phi) is 2.29. The lowest BCUT2D eigenvalue weighted by molar-refractivity contribution is 0.579. The number of nitrogens with one attached hydrogen (secondary N) is 2. The number of furan rings is 1. The highest BCUT2D eigenvalue weighted by Crippen LogP contribution is 2.26. The van der Waals surface area contributed by atoms with Gasteiger partial charge in [-0.05, 0) is 32.0 Å². The fraction of sp³-hybridized carbons (Fsp3) is 0.417. The van der Waals surface area contributed by atoms with Crippen LogP contribution in [0.4, 0.5) is 0 Å². The molecule has 2 aromatic heterocycles. The number of rotatable bonds is 2. The maximum atomic E-state index is 5.38. The van der Waals surface area contributed by atoms with Gasteiger partial charge in [-0.2, -0.15) is 0 Å². The second-order valence-electron chi connectivity index (χ2n) is 4.26. The van der Waals surface area contributed by atoms with E-state index in [-0.39, 0.29) is 0 Å². The topological polar surface area (TPSA) is 53.9 Å². The van der Waals surface area contributed by atoms with Crippen LogP contribution in [0.3, 0.4) is 0 Å². The van der Waals surface area contributed by atoms with E-state index >= 15 is 0 Å². The largest absolute Gasteiger partial charge is 0.463 e. The molecule has 0 bridgehead atoms. The molecule has 1 aliphatic rings. The van der Waals surface area contributed by atoms with E-state index in [4.69, 9.17) is 4.42 Å². The van der Waals surface area contributed by atoms with Crippen molar-refractivity contribution in [2.75, 3.05) is 13.1 Å². The minimum atomic E-state index is 0.516. The predicted molar refractivity (Wildman–Crippen MR) is 61.3 cm³/mol. The highest BCUT2D eigenvalue weighted by molar-refractivity contribution is 5.55. The Morgan fingerprint density at radius 2 is 2.44 bits per heavy atom. The van der Waals surface area contributed by atoms with E-state index in [2.05, 4.69) is 15.3 Å². The molecule has 0 aliphatic carbocycles. The molecule has 4 heteroatoms. The third kappa shape index (κ3) is 1.55. The number of aromatic nitrogens is 2. The maximum Gasteiger partial charge on any atom is 0.154 e. The van der Waals surface area contributed by atoms with Crippen molar-refractivity contribution in [2.24, 2.45) is 0 Å². The van der Waals surface area contributed by atoms with Gasteiger partial charge in [-0.1, -0.05) is 0 Å². The number of nitrogens with zero attached hydrogens (tertiary/aromatic N) is 1. The molecule has 1 atom stereocenters. The summed E-state index contributed by atoms with van der Waals surface area (Å²) in [7, 11) is 0. The van der Waals surface area contributed by atoms with Crippen LogP contribution in [0, 0.1) is 6.92 Å². The number of aromatic amines is 1. The van der Waals surface area contributed by atoms with Crippen LogP contribution >= 0.6 is 0 Å². The summed E-state index contributed by atoms with van der Waals surface area (Å²) in [6.45, 7) is 4.14. The summed E-state index contributed by atoms with van der Waals surface area (Å²) < 4.78 is 5.38. The van der Waals surface area contributed by atoms with E-state index in [1.54, 1.807) is 6.26 Å². The number of hydrogen-bond acceptors (Lipinski definition) is 3.